The van der Waals surface area contributed by atoms with Crippen LogP contribution in [0.15, 0.2) is 30.5 Å². The van der Waals surface area contributed by atoms with Crippen LogP contribution in [0.25, 0.3) is 15.7 Å². The van der Waals surface area contributed by atoms with Crippen LogP contribution in [0.2, 0.25) is 0 Å². The first kappa shape index (κ1) is 15.4. The van der Waals surface area contributed by atoms with Crippen LogP contribution in [0, 0.1) is 12.5 Å². The van der Waals surface area contributed by atoms with E-state index in [0.717, 1.165) is 48.7 Å². The number of fused-ring (bicyclic) bond motifs is 1. The zero-order valence-electron chi connectivity index (χ0n) is 14.0. The van der Waals surface area contributed by atoms with Crippen LogP contribution in [0.4, 0.5) is 23.3 Å². The van der Waals surface area contributed by atoms with E-state index >= 15 is 0 Å². The molecule has 0 unspecified atom stereocenters. The third-order valence-electron chi connectivity index (χ3n) is 4.64. The summed E-state index contributed by atoms with van der Waals surface area (Å²) in [6.45, 7) is 11.5. The zero-order chi connectivity index (χ0) is 17.2. The Hall–Kier alpha value is -3.14. The molecular formula is C18H19N7. The third kappa shape index (κ3) is 2.98. The summed E-state index contributed by atoms with van der Waals surface area (Å²) in [7, 11) is 0. The van der Waals surface area contributed by atoms with Crippen molar-refractivity contribution in [3.63, 3.8) is 0 Å². The number of hydrogen-bond donors (Lipinski definition) is 2. The van der Waals surface area contributed by atoms with Crippen molar-refractivity contribution in [1.82, 2.24) is 20.2 Å². The van der Waals surface area contributed by atoms with Crippen molar-refractivity contribution in [2.24, 2.45) is 5.92 Å². The Morgan fingerprint density at radius 3 is 2.84 bits per heavy atom. The van der Waals surface area contributed by atoms with Crippen LogP contribution in [-0.4, -0.2) is 33.3 Å². The molecule has 0 saturated carbocycles. The topological polar surface area (TPSA) is 74.1 Å². The van der Waals surface area contributed by atoms with Gasteiger partial charge in [-0.3, -0.25) is 5.10 Å². The van der Waals surface area contributed by atoms with E-state index in [1.165, 1.54) is 6.20 Å². The second-order valence-corrected chi connectivity index (χ2v) is 6.43. The molecular weight excluding hydrogens is 314 g/mol. The summed E-state index contributed by atoms with van der Waals surface area (Å²) < 4.78 is 0. The van der Waals surface area contributed by atoms with Crippen LogP contribution < -0.4 is 10.2 Å². The van der Waals surface area contributed by atoms with E-state index in [2.05, 4.69) is 32.2 Å². The van der Waals surface area contributed by atoms with Gasteiger partial charge in [-0.25, -0.2) is 9.83 Å². The van der Waals surface area contributed by atoms with Gasteiger partial charge in [0.1, 0.15) is 11.6 Å². The van der Waals surface area contributed by atoms with Gasteiger partial charge in [0.2, 0.25) is 11.6 Å². The fraction of sp³-hybridized carbons (Fsp3) is 0.333. The predicted octanol–water partition coefficient (Wildman–Crippen LogP) is 3.88. The molecule has 1 aliphatic rings. The van der Waals surface area contributed by atoms with E-state index in [-0.39, 0.29) is 0 Å². The first-order valence-corrected chi connectivity index (χ1v) is 8.44. The molecule has 25 heavy (non-hydrogen) atoms. The molecule has 2 N–H and O–H groups in total. The molecule has 0 radical (unpaired) electrons. The van der Waals surface area contributed by atoms with Gasteiger partial charge in [0, 0.05) is 18.5 Å². The smallest absolute Gasteiger partial charge is 0.247 e. The number of benzene rings is 1. The van der Waals surface area contributed by atoms with Crippen LogP contribution in [0.1, 0.15) is 19.8 Å². The van der Waals surface area contributed by atoms with Crippen molar-refractivity contribution >= 4 is 34.2 Å². The number of hydrogen-bond acceptors (Lipinski definition) is 5. The number of nitrogens with one attached hydrogen (secondary N) is 2. The molecule has 0 aliphatic carbocycles. The van der Waals surface area contributed by atoms with Gasteiger partial charge in [-0.15, -0.1) is 0 Å². The SMILES string of the molecule is [C-]#[N+]c1cn[nH]c1Nc1nc(N2CCC(C)CC2)nc2ccccc12. The standard InChI is InChI=1S/C18H19N7/c1-12-7-9-25(10-8-12)18-21-14-6-4-3-5-13(14)16(23-18)22-17-15(19-2)11-20-24-17/h3-6,11-12H,7-10H2,1H3,(H2,20,21,22,23,24). The van der Waals surface area contributed by atoms with Crippen LogP contribution in [0.3, 0.4) is 0 Å². The van der Waals surface area contributed by atoms with Crippen molar-refractivity contribution in [3.05, 3.63) is 41.9 Å². The molecule has 7 nitrogen and oxygen atoms in total. The number of piperidine rings is 1. The van der Waals surface area contributed by atoms with E-state index in [0.29, 0.717) is 17.3 Å². The fourth-order valence-electron chi connectivity index (χ4n) is 3.08. The number of rotatable bonds is 3. The summed E-state index contributed by atoms with van der Waals surface area (Å²) in [5, 5.41) is 10.9. The van der Waals surface area contributed by atoms with Gasteiger partial charge >= 0.3 is 0 Å². The Morgan fingerprint density at radius 2 is 2.04 bits per heavy atom. The molecule has 3 heterocycles. The molecule has 0 atom stereocenters. The second-order valence-electron chi connectivity index (χ2n) is 6.43. The zero-order valence-corrected chi connectivity index (χ0v) is 14.0. The van der Waals surface area contributed by atoms with Crippen molar-refractivity contribution < 1.29 is 0 Å². The van der Waals surface area contributed by atoms with Crippen LogP contribution >= 0.6 is 0 Å². The minimum absolute atomic E-state index is 0.441. The number of anilines is 3. The van der Waals surface area contributed by atoms with Crippen molar-refractivity contribution in [2.45, 2.75) is 19.8 Å². The average molecular weight is 333 g/mol. The lowest BCUT2D eigenvalue weighted by atomic mass is 10.00. The predicted molar refractivity (Wildman–Crippen MR) is 98.3 cm³/mol. The Morgan fingerprint density at radius 1 is 1.24 bits per heavy atom. The lowest BCUT2D eigenvalue weighted by Crippen LogP contribution is -2.34. The molecule has 3 aromatic rings. The molecule has 0 spiro atoms. The largest absolute Gasteiger partial charge is 0.341 e. The van der Waals surface area contributed by atoms with Gasteiger partial charge in [0.05, 0.1) is 18.3 Å². The first-order valence-electron chi connectivity index (χ1n) is 8.44. The number of para-hydroxylation sites is 1. The molecule has 1 saturated heterocycles. The number of nitrogens with zero attached hydrogens (tertiary/aromatic N) is 5. The molecule has 1 fully saturated rings. The summed E-state index contributed by atoms with van der Waals surface area (Å²) in [6.07, 6.45) is 3.81. The van der Waals surface area contributed by atoms with Crippen LogP contribution in [-0.2, 0) is 0 Å². The van der Waals surface area contributed by atoms with E-state index in [9.17, 15) is 0 Å². The molecule has 0 amide bonds. The molecule has 7 heteroatoms. The van der Waals surface area contributed by atoms with Gasteiger partial charge in [-0.05, 0) is 30.9 Å². The summed E-state index contributed by atoms with van der Waals surface area (Å²) in [6, 6.07) is 7.90. The monoisotopic (exact) mass is 333 g/mol. The highest BCUT2D eigenvalue weighted by atomic mass is 15.3. The van der Waals surface area contributed by atoms with Crippen LogP contribution in [0.5, 0.6) is 0 Å². The molecule has 2 aromatic heterocycles. The summed E-state index contributed by atoms with van der Waals surface area (Å²) in [5.74, 6) is 2.72. The molecule has 4 rings (SSSR count). The van der Waals surface area contributed by atoms with Crippen molar-refractivity contribution in [2.75, 3.05) is 23.3 Å². The maximum atomic E-state index is 7.24. The Labute approximate surface area is 145 Å². The minimum Gasteiger partial charge on any atom is -0.341 e. The van der Waals surface area contributed by atoms with E-state index in [4.69, 9.17) is 16.5 Å². The van der Waals surface area contributed by atoms with Gasteiger partial charge in [0.15, 0.2) is 0 Å². The highest BCUT2D eigenvalue weighted by Gasteiger charge is 2.20. The first-order chi connectivity index (χ1) is 12.2. The lowest BCUT2D eigenvalue weighted by Gasteiger charge is -2.30. The number of aromatic nitrogens is 4. The summed E-state index contributed by atoms with van der Waals surface area (Å²) in [5.41, 5.74) is 1.33. The Kier molecular flexibility index (Phi) is 3.94. The average Bonchev–Trinajstić information content (AvgIpc) is 3.09. The quantitative estimate of drug-likeness (QED) is 0.712. The Balaban J connectivity index is 1.75. The molecule has 126 valence electrons. The van der Waals surface area contributed by atoms with Crippen molar-refractivity contribution in [1.29, 1.82) is 0 Å². The van der Waals surface area contributed by atoms with Gasteiger partial charge in [-0.1, -0.05) is 19.1 Å². The van der Waals surface area contributed by atoms with Gasteiger partial charge < -0.3 is 10.2 Å². The molecule has 1 aromatic carbocycles. The molecule has 0 bridgehead atoms. The maximum absolute atomic E-state index is 7.24. The second kappa shape index (κ2) is 6.40. The van der Waals surface area contributed by atoms with Crippen molar-refractivity contribution in [3.8, 4) is 0 Å². The number of H-pyrrole nitrogens is 1. The normalized spacial score (nSPS) is 15.3. The lowest BCUT2D eigenvalue weighted by molar-refractivity contribution is 0.435. The van der Waals surface area contributed by atoms with E-state index in [1.807, 2.05) is 24.3 Å². The number of aromatic amines is 1. The van der Waals surface area contributed by atoms with Gasteiger partial charge in [0.25, 0.3) is 0 Å². The Bertz CT molecular complexity index is 932. The third-order valence-corrected chi connectivity index (χ3v) is 4.64. The minimum atomic E-state index is 0.441. The highest BCUT2D eigenvalue weighted by molar-refractivity contribution is 5.92. The molecule has 1 aliphatic heterocycles. The fourth-order valence-corrected chi connectivity index (χ4v) is 3.08. The maximum Gasteiger partial charge on any atom is 0.247 e. The summed E-state index contributed by atoms with van der Waals surface area (Å²) in [4.78, 5) is 15.2. The summed E-state index contributed by atoms with van der Waals surface area (Å²) >= 11 is 0. The highest BCUT2D eigenvalue weighted by Crippen LogP contribution is 2.30. The van der Waals surface area contributed by atoms with Gasteiger partial charge in [-0.2, -0.15) is 10.1 Å². The van der Waals surface area contributed by atoms with E-state index in [1.54, 1.807) is 0 Å². The van der Waals surface area contributed by atoms with E-state index < -0.39 is 0 Å².